The highest BCUT2D eigenvalue weighted by molar-refractivity contribution is 7.20. The molecule has 0 aliphatic heterocycles. The van der Waals surface area contributed by atoms with Gasteiger partial charge in [-0.05, 0) is 24.3 Å². The number of rotatable bonds is 8. The highest BCUT2D eigenvalue weighted by Gasteiger charge is 2.29. The maximum absolute atomic E-state index is 5.76. The van der Waals surface area contributed by atoms with E-state index >= 15 is 0 Å². The van der Waals surface area contributed by atoms with E-state index in [2.05, 4.69) is 0 Å². The topological polar surface area (TPSA) is 55.4 Å². The van der Waals surface area contributed by atoms with Crippen LogP contribution in [0.3, 0.4) is 0 Å². The average molecular weight is 416 g/mol. The lowest BCUT2D eigenvalue weighted by Gasteiger charge is -2.13. The Hall–Kier alpha value is -3.06. The lowest BCUT2D eigenvalue weighted by atomic mass is 10.1. The molecule has 0 atom stereocenters. The molecule has 7 heteroatoms. The Kier molecular flexibility index (Phi) is 6.39. The Morgan fingerprint density at radius 2 is 0.793 bits per heavy atom. The van der Waals surface area contributed by atoms with Crippen LogP contribution in [0.2, 0.25) is 0 Å². The van der Waals surface area contributed by atoms with Crippen LogP contribution in [0.25, 0.3) is 20.9 Å². The molecule has 0 aliphatic rings. The zero-order valence-corrected chi connectivity index (χ0v) is 18.1. The van der Waals surface area contributed by atoms with Crippen molar-refractivity contribution in [2.75, 3.05) is 42.7 Å². The molecule has 1 aromatic heterocycles. The zero-order chi connectivity index (χ0) is 21.0. The molecule has 0 saturated carbocycles. The molecule has 0 spiro atoms. The average Bonchev–Trinajstić information content (AvgIpc) is 3.15. The Bertz CT molecular complexity index is 873. The van der Waals surface area contributed by atoms with E-state index in [9.17, 15) is 0 Å². The number of thiophene rings is 1. The van der Waals surface area contributed by atoms with Crippen LogP contribution in [-0.4, -0.2) is 42.7 Å². The SMILES string of the molecule is COc1cccc(OC)c1-c1sc(-c2c(OC)cccc2OC)c(OC)c1OC. The fraction of sp³-hybridized carbons (Fsp3) is 0.273. The molecule has 0 aliphatic carbocycles. The van der Waals surface area contributed by atoms with E-state index in [-0.39, 0.29) is 0 Å². The summed E-state index contributed by atoms with van der Waals surface area (Å²) in [5.74, 6) is 3.86. The molecule has 0 fully saturated rings. The van der Waals surface area contributed by atoms with Crippen LogP contribution in [-0.2, 0) is 0 Å². The molecule has 3 aromatic rings. The van der Waals surface area contributed by atoms with E-state index in [1.165, 1.54) is 11.3 Å². The van der Waals surface area contributed by atoms with Crippen LogP contribution < -0.4 is 28.4 Å². The van der Waals surface area contributed by atoms with Gasteiger partial charge in [-0.3, -0.25) is 0 Å². The maximum atomic E-state index is 5.76. The van der Waals surface area contributed by atoms with Crippen LogP contribution in [0.5, 0.6) is 34.5 Å². The fourth-order valence-electron chi connectivity index (χ4n) is 3.25. The first-order chi connectivity index (χ1) is 14.1. The third kappa shape index (κ3) is 3.53. The second-order valence-electron chi connectivity index (χ2n) is 5.90. The number of hydrogen-bond acceptors (Lipinski definition) is 7. The number of hydrogen-bond donors (Lipinski definition) is 0. The Morgan fingerprint density at radius 3 is 1.03 bits per heavy atom. The van der Waals surface area contributed by atoms with Gasteiger partial charge in [-0.1, -0.05) is 12.1 Å². The van der Waals surface area contributed by atoms with Crippen LogP contribution in [0, 0.1) is 0 Å². The van der Waals surface area contributed by atoms with E-state index in [0.29, 0.717) is 34.5 Å². The minimum absolute atomic E-state index is 0.586. The number of ether oxygens (including phenoxy) is 6. The van der Waals surface area contributed by atoms with Gasteiger partial charge in [0.2, 0.25) is 0 Å². The summed E-state index contributed by atoms with van der Waals surface area (Å²) in [5, 5.41) is 0. The van der Waals surface area contributed by atoms with Gasteiger partial charge in [0, 0.05) is 0 Å². The first-order valence-corrected chi connectivity index (χ1v) is 9.64. The molecule has 0 saturated heterocycles. The predicted molar refractivity (Wildman–Crippen MR) is 115 cm³/mol. The third-order valence-corrected chi connectivity index (χ3v) is 5.73. The zero-order valence-electron chi connectivity index (χ0n) is 17.3. The van der Waals surface area contributed by atoms with E-state index in [4.69, 9.17) is 28.4 Å². The quantitative estimate of drug-likeness (QED) is 0.507. The van der Waals surface area contributed by atoms with Gasteiger partial charge in [0.25, 0.3) is 0 Å². The summed E-state index contributed by atoms with van der Waals surface area (Å²) in [6.07, 6.45) is 0. The van der Waals surface area contributed by atoms with Crippen molar-refractivity contribution >= 4 is 11.3 Å². The predicted octanol–water partition coefficient (Wildman–Crippen LogP) is 5.13. The van der Waals surface area contributed by atoms with Crippen LogP contribution in [0.4, 0.5) is 0 Å². The van der Waals surface area contributed by atoms with Crippen molar-refractivity contribution < 1.29 is 28.4 Å². The summed E-state index contributed by atoms with van der Waals surface area (Å²) in [5.41, 5.74) is 1.58. The van der Waals surface area contributed by atoms with E-state index < -0.39 is 0 Å². The summed E-state index contributed by atoms with van der Waals surface area (Å²) >= 11 is 1.49. The molecule has 1 heterocycles. The molecule has 6 nitrogen and oxygen atoms in total. The first kappa shape index (κ1) is 20.7. The molecule has 0 bridgehead atoms. The summed E-state index contributed by atoms with van der Waals surface area (Å²) in [7, 11) is 9.72. The summed E-state index contributed by atoms with van der Waals surface area (Å²) in [6.45, 7) is 0. The minimum atomic E-state index is 0.586. The summed E-state index contributed by atoms with van der Waals surface area (Å²) in [6, 6.07) is 11.3. The molecular formula is C22H24O6S. The molecule has 2 aromatic carbocycles. The van der Waals surface area contributed by atoms with Gasteiger partial charge < -0.3 is 28.4 Å². The van der Waals surface area contributed by atoms with Crippen molar-refractivity contribution in [3.63, 3.8) is 0 Å². The van der Waals surface area contributed by atoms with Gasteiger partial charge in [0.1, 0.15) is 23.0 Å². The van der Waals surface area contributed by atoms with E-state index in [1.807, 2.05) is 36.4 Å². The highest BCUT2D eigenvalue weighted by atomic mass is 32.1. The summed E-state index contributed by atoms with van der Waals surface area (Å²) in [4.78, 5) is 1.64. The van der Waals surface area contributed by atoms with Gasteiger partial charge in [-0.15, -0.1) is 11.3 Å². The van der Waals surface area contributed by atoms with Crippen molar-refractivity contribution in [1.82, 2.24) is 0 Å². The second kappa shape index (κ2) is 8.96. The Balaban J connectivity index is 2.38. The molecule has 29 heavy (non-hydrogen) atoms. The fourth-order valence-corrected chi connectivity index (χ4v) is 4.60. The van der Waals surface area contributed by atoms with Crippen molar-refractivity contribution in [1.29, 1.82) is 0 Å². The normalized spacial score (nSPS) is 10.4. The molecule has 0 unspecified atom stereocenters. The molecule has 3 rings (SSSR count). The monoisotopic (exact) mass is 416 g/mol. The van der Waals surface area contributed by atoms with Crippen LogP contribution in [0.15, 0.2) is 36.4 Å². The third-order valence-electron chi connectivity index (χ3n) is 4.54. The minimum Gasteiger partial charge on any atom is -0.496 e. The van der Waals surface area contributed by atoms with Gasteiger partial charge in [-0.25, -0.2) is 0 Å². The van der Waals surface area contributed by atoms with Crippen LogP contribution in [0.1, 0.15) is 0 Å². The largest absolute Gasteiger partial charge is 0.496 e. The molecule has 154 valence electrons. The Labute approximate surface area is 174 Å². The van der Waals surface area contributed by atoms with Gasteiger partial charge in [0.05, 0.1) is 63.5 Å². The lowest BCUT2D eigenvalue weighted by Crippen LogP contribution is -1.95. The lowest BCUT2D eigenvalue weighted by molar-refractivity contribution is 0.358. The summed E-state index contributed by atoms with van der Waals surface area (Å²) < 4.78 is 33.9. The van der Waals surface area contributed by atoms with E-state index in [0.717, 1.165) is 20.9 Å². The molecule has 0 N–H and O–H groups in total. The van der Waals surface area contributed by atoms with E-state index in [1.54, 1.807) is 42.7 Å². The first-order valence-electron chi connectivity index (χ1n) is 8.82. The standard InChI is InChI=1S/C22H24O6S/c1-23-13-9-7-10-14(24-2)17(13)21-19(27-5)20(28-6)22(29-21)18-15(25-3)11-8-12-16(18)26-4/h7-12H,1-6H3. The maximum Gasteiger partial charge on any atom is 0.180 e. The molecule has 0 radical (unpaired) electrons. The van der Waals surface area contributed by atoms with Gasteiger partial charge >= 0.3 is 0 Å². The van der Waals surface area contributed by atoms with Crippen molar-refractivity contribution in [2.45, 2.75) is 0 Å². The Morgan fingerprint density at radius 1 is 0.483 bits per heavy atom. The smallest absolute Gasteiger partial charge is 0.180 e. The highest BCUT2D eigenvalue weighted by Crippen LogP contribution is 2.58. The van der Waals surface area contributed by atoms with Crippen LogP contribution >= 0.6 is 11.3 Å². The molecule has 0 amide bonds. The van der Waals surface area contributed by atoms with Gasteiger partial charge in [0.15, 0.2) is 11.5 Å². The van der Waals surface area contributed by atoms with Crippen molar-refractivity contribution in [2.24, 2.45) is 0 Å². The molecular weight excluding hydrogens is 392 g/mol. The van der Waals surface area contributed by atoms with Gasteiger partial charge in [-0.2, -0.15) is 0 Å². The van der Waals surface area contributed by atoms with Crippen molar-refractivity contribution in [3.8, 4) is 55.4 Å². The second-order valence-corrected chi connectivity index (χ2v) is 6.92. The number of benzene rings is 2. The van der Waals surface area contributed by atoms with Crippen molar-refractivity contribution in [3.05, 3.63) is 36.4 Å². The number of methoxy groups -OCH3 is 6.